The Bertz CT molecular complexity index is 1450. The molecule has 3 aromatic rings. The maximum Gasteiger partial charge on any atom is 0.335 e. The Hall–Kier alpha value is -3.10. The van der Waals surface area contributed by atoms with Crippen LogP contribution in [-0.4, -0.2) is 17.8 Å². The highest BCUT2D eigenvalue weighted by Crippen LogP contribution is 2.34. The van der Waals surface area contributed by atoms with Gasteiger partial charge in [-0.3, -0.25) is 14.9 Å². The van der Waals surface area contributed by atoms with Gasteiger partial charge in [0.15, 0.2) is 0 Å². The highest BCUT2D eigenvalue weighted by atomic mass is 79.9. The molecule has 0 unspecified atom stereocenters. The van der Waals surface area contributed by atoms with E-state index in [2.05, 4.69) is 27.8 Å². The van der Waals surface area contributed by atoms with Crippen LogP contribution < -0.4 is 15.0 Å². The van der Waals surface area contributed by atoms with Crippen molar-refractivity contribution in [2.45, 2.75) is 13.0 Å². The molecule has 188 valence electrons. The van der Waals surface area contributed by atoms with Gasteiger partial charge < -0.3 is 4.74 Å². The molecule has 0 atom stereocenters. The molecule has 3 aromatic carbocycles. The van der Waals surface area contributed by atoms with Crippen LogP contribution in [0, 0.1) is 0 Å². The number of hydrogen-bond donors (Lipinski definition) is 1. The summed E-state index contributed by atoms with van der Waals surface area (Å²) in [6.07, 6.45) is 3.58. The third-order valence-electron chi connectivity index (χ3n) is 5.39. The Kier molecular flexibility index (Phi) is 8.39. The fraction of sp³-hybridized carbons (Fsp3) is 0.0741. The first-order chi connectivity index (χ1) is 17.7. The van der Waals surface area contributed by atoms with E-state index < -0.39 is 17.8 Å². The van der Waals surface area contributed by atoms with Gasteiger partial charge in [-0.15, -0.1) is 6.58 Å². The molecule has 1 aliphatic rings. The Morgan fingerprint density at radius 1 is 0.946 bits per heavy atom. The van der Waals surface area contributed by atoms with Gasteiger partial charge >= 0.3 is 6.03 Å². The van der Waals surface area contributed by atoms with E-state index in [0.717, 1.165) is 16.0 Å². The Balaban J connectivity index is 1.66. The lowest BCUT2D eigenvalue weighted by molar-refractivity contribution is -0.122. The smallest absolute Gasteiger partial charge is 0.335 e. The number of hydrogen-bond acceptors (Lipinski definition) is 4. The number of halogens is 4. The summed E-state index contributed by atoms with van der Waals surface area (Å²) in [5, 5.41) is 3.66. The molecule has 4 amide bonds. The van der Waals surface area contributed by atoms with Gasteiger partial charge in [0.2, 0.25) is 0 Å². The fourth-order valence-electron chi connectivity index (χ4n) is 3.66. The van der Waals surface area contributed by atoms with Crippen LogP contribution in [0.4, 0.5) is 10.5 Å². The van der Waals surface area contributed by atoms with E-state index in [1.54, 1.807) is 48.5 Å². The van der Waals surface area contributed by atoms with Gasteiger partial charge in [0.1, 0.15) is 17.9 Å². The van der Waals surface area contributed by atoms with Crippen LogP contribution in [0.3, 0.4) is 0 Å². The predicted molar refractivity (Wildman–Crippen MR) is 149 cm³/mol. The van der Waals surface area contributed by atoms with Crippen molar-refractivity contribution < 1.29 is 19.1 Å². The number of benzene rings is 3. The minimum atomic E-state index is -0.840. The Morgan fingerprint density at radius 2 is 1.65 bits per heavy atom. The number of anilines is 1. The molecular formula is C27H18BrCl3N2O4. The summed E-state index contributed by atoms with van der Waals surface area (Å²) in [5.74, 6) is -0.986. The lowest BCUT2D eigenvalue weighted by Gasteiger charge is -2.26. The second kappa shape index (κ2) is 11.5. The summed E-state index contributed by atoms with van der Waals surface area (Å²) < 4.78 is 6.66. The lowest BCUT2D eigenvalue weighted by atomic mass is 10.0. The van der Waals surface area contributed by atoms with Crippen molar-refractivity contribution >= 4 is 80.3 Å². The molecule has 0 aliphatic carbocycles. The number of allylic oxidation sites excluding steroid dienone is 1. The molecule has 0 radical (unpaired) electrons. The highest BCUT2D eigenvalue weighted by molar-refractivity contribution is 9.10. The van der Waals surface area contributed by atoms with Crippen LogP contribution in [-0.2, 0) is 22.6 Å². The number of rotatable bonds is 7. The first kappa shape index (κ1) is 26.9. The van der Waals surface area contributed by atoms with Crippen LogP contribution in [0.1, 0.15) is 16.7 Å². The van der Waals surface area contributed by atoms with Gasteiger partial charge in [-0.1, -0.05) is 46.9 Å². The van der Waals surface area contributed by atoms with Crippen molar-refractivity contribution in [2.75, 3.05) is 4.90 Å². The molecule has 6 nitrogen and oxygen atoms in total. The average Bonchev–Trinajstić information content (AvgIpc) is 2.83. The SMILES string of the molecule is C=CCc1cc(/C=C2\C(=O)NC(=O)N(c3ccc(Cl)cc3)C2=O)cc(Br)c1OCc1ccc(Cl)cc1Cl. The molecule has 1 heterocycles. The fourth-order valence-corrected chi connectivity index (χ4v) is 4.89. The van der Waals surface area contributed by atoms with Crippen LogP contribution in [0.25, 0.3) is 6.08 Å². The molecule has 0 aromatic heterocycles. The van der Waals surface area contributed by atoms with E-state index in [1.807, 2.05) is 0 Å². The molecule has 1 aliphatic heterocycles. The quantitative estimate of drug-likeness (QED) is 0.170. The summed E-state index contributed by atoms with van der Waals surface area (Å²) in [6.45, 7) is 4.00. The maximum absolute atomic E-state index is 13.2. The van der Waals surface area contributed by atoms with E-state index in [1.165, 1.54) is 18.2 Å². The number of carbonyl (C=O) groups excluding carboxylic acids is 3. The molecule has 0 bridgehead atoms. The lowest BCUT2D eigenvalue weighted by Crippen LogP contribution is -2.54. The zero-order valence-electron chi connectivity index (χ0n) is 19.1. The molecule has 1 fully saturated rings. The Labute approximate surface area is 236 Å². The first-order valence-corrected chi connectivity index (χ1v) is 12.8. The van der Waals surface area contributed by atoms with E-state index in [9.17, 15) is 14.4 Å². The first-order valence-electron chi connectivity index (χ1n) is 10.8. The van der Waals surface area contributed by atoms with Crippen LogP contribution in [0.15, 0.2) is 77.3 Å². The summed E-state index contributed by atoms with van der Waals surface area (Å²) in [6, 6.07) is 13.9. The number of nitrogens with one attached hydrogen (secondary N) is 1. The highest BCUT2D eigenvalue weighted by Gasteiger charge is 2.36. The minimum Gasteiger partial charge on any atom is -0.487 e. The van der Waals surface area contributed by atoms with Crippen LogP contribution in [0.5, 0.6) is 5.75 Å². The topological polar surface area (TPSA) is 75.7 Å². The summed E-state index contributed by atoms with van der Waals surface area (Å²) in [4.78, 5) is 39.1. The van der Waals surface area contributed by atoms with Crippen molar-refractivity contribution in [3.63, 3.8) is 0 Å². The van der Waals surface area contributed by atoms with Crippen molar-refractivity contribution in [1.82, 2.24) is 5.32 Å². The number of barbiturate groups is 1. The van der Waals surface area contributed by atoms with Gasteiger partial charge in [-0.25, -0.2) is 9.69 Å². The number of amides is 4. The van der Waals surface area contributed by atoms with E-state index >= 15 is 0 Å². The number of urea groups is 1. The number of ether oxygens (including phenoxy) is 1. The largest absolute Gasteiger partial charge is 0.487 e. The molecular weight excluding hydrogens is 603 g/mol. The van der Waals surface area contributed by atoms with E-state index in [-0.39, 0.29) is 17.9 Å². The third-order valence-corrected chi connectivity index (χ3v) is 6.82. The molecule has 37 heavy (non-hydrogen) atoms. The normalized spacial score (nSPS) is 14.6. The summed E-state index contributed by atoms with van der Waals surface area (Å²) >= 11 is 21.7. The second-order valence-corrected chi connectivity index (χ2v) is 10.1. The van der Waals surface area contributed by atoms with Gasteiger partial charge in [-0.05, 0) is 88.1 Å². The van der Waals surface area contributed by atoms with Gasteiger partial charge in [0.25, 0.3) is 11.8 Å². The van der Waals surface area contributed by atoms with Crippen molar-refractivity contribution in [3.8, 4) is 5.75 Å². The third kappa shape index (κ3) is 6.08. The van der Waals surface area contributed by atoms with Crippen LogP contribution in [0.2, 0.25) is 15.1 Å². The van der Waals surface area contributed by atoms with Crippen molar-refractivity contribution in [1.29, 1.82) is 0 Å². The summed E-state index contributed by atoms with van der Waals surface area (Å²) in [5.41, 5.74) is 2.14. The number of imide groups is 2. The molecule has 0 saturated carbocycles. The zero-order valence-corrected chi connectivity index (χ0v) is 22.9. The molecule has 4 rings (SSSR count). The second-order valence-electron chi connectivity index (χ2n) is 7.94. The van der Waals surface area contributed by atoms with Crippen molar-refractivity contribution in [3.05, 3.63) is 109 Å². The predicted octanol–water partition coefficient (Wildman–Crippen LogP) is 7.38. The molecule has 0 spiro atoms. The zero-order chi connectivity index (χ0) is 26.7. The average molecular weight is 621 g/mol. The van der Waals surface area contributed by atoms with E-state index in [0.29, 0.717) is 37.3 Å². The summed E-state index contributed by atoms with van der Waals surface area (Å²) in [7, 11) is 0. The number of nitrogens with zero attached hydrogens (tertiary/aromatic N) is 1. The maximum atomic E-state index is 13.2. The molecule has 1 N–H and O–H groups in total. The van der Waals surface area contributed by atoms with Gasteiger partial charge in [-0.2, -0.15) is 0 Å². The monoisotopic (exact) mass is 618 g/mol. The van der Waals surface area contributed by atoms with Gasteiger partial charge in [0.05, 0.1) is 10.2 Å². The van der Waals surface area contributed by atoms with Crippen molar-refractivity contribution in [2.24, 2.45) is 0 Å². The standard InChI is InChI=1S/C27H18BrCl3N2O4/c1-2-3-16-10-15(12-22(28)24(16)37-14-17-4-5-19(30)13-23(17)31)11-21-25(34)32-27(36)33(26(21)35)20-8-6-18(29)7-9-20/h2,4-13H,1,3,14H2,(H,32,34,36)/b21-11+. The molecule has 1 saturated heterocycles. The van der Waals surface area contributed by atoms with Crippen LogP contribution >= 0.6 is 50.7 Å². The Morgan fingerprint density at radius 3 is 2.32 bits per heavy atom. The van der Waals surface area contributed by atoms with Gasteiger partial charge in [0, 0.05) is 20.6 Å². The number of carbonyl (C=O) groups is 3. The molecule has 10 heteroatoms. The minimum absolute atomic E-state index is 0.193. The van der Waals surface area contributed by atoms with E-state index in [4.69, 9.17) is 39.5 Å².